The first-order chi connectivity index (χ1) is 19.2. The Kier molecular flexibility index (Phi) is 5.49. The molecule has 0 spiro atoms. The Bertz CT molecular complexity index is 1950. The molecule has 3 heteroatoms. The first-order valence-electron chi connectivity index (χ1n) is 14.0. The maximum absolute atomic E-state index is 11.7. The van der Waals surface area contributed by atoms with Gasteiger partial charge in [-0.1, -0.05) is 75.4 Å². The molecule has 1 unspecified atom stereocenters. The van der Waals surface area contributed by atoms with Gasteiger partial charge in [-0.25, -0.2) is 0 Å². The number of aldehydes is 1. The smallest absolute Gasteiger partial charge is 0.130 e. The van der Waals surface area contributed by atoms with Crippen LogP contribution in [0.25, 0.3) is 38.6 Å². The summed E-state index contributed by atoms with van der Waals surface area (Å²) in [4.78, 5) is 14.1. The predicted molar refractivity (Wildman–Crippen MR) is 169 cm³/mol. The molecule has 1 aliphatic carbocycles. The Morgan fingerprint density at radius 3 is 2.23 bits per heavy atom. The zero-order valence-electron chi connectivity index (χ0n) is 23.7. The molecule has 0 saturated heterocycles. The lowest BCUT2D eigenvalue weighted by molar-refractivity contribution is -0.111. The topological polar surface area (TPSA) is 22.0 Å². The van der Waals surface area contributed by atoms with Gasteiger partial charge in [-0.2, -0.15) is 0 Å². The third-order valence-electron chi connectivity index (χ3n) is 9.02. The van der Waals surface area contributed by atoms with Crippen LogP contribution in [0, 0.1) is 0 Å². The average molecular weight is 540 g/mol. The van der Waals surface area contributed by atoms with Crippen molar-refractivity contribution in [2.24, 2.45) is 0 Å². The molecule has 0 N–H and O–H groups in total. The van der Waals surface area contributed by atoms with Gasteiger partial charge < -0.3 is 9.36 Å². The highest BCUT2D eigenvalue weighted by atomic mass is 32.1. The predicted octanol–water partition coefficient (Wildman–Crippen LogP) is 9.78. The van der Waals surface area contributed by atoms with Gasteiger partial charge >= 0.3 is 0 Å². The Hall–Kier alpha value is -3.95. The number of nitrogens with zero attached hydrogens (tertiary/aromatic N) is 1. The summed E-state index contributed by atoms with van der Waals surface area (Å²) in [7, 11) is 0. The standard InChI is InChI=1S/C37H33NOS/c1-23-26-10-6-7-11-27(26)28-16-15-25(21-30(23)28)38-32-13-9-8-12-29(32)31-20-24(14-17-33(31)38)37(4,5)35-19-18-34(40-35)36(2,3)22-39/h6-23H,1-5H3. The fraction of sp³-hybridized carbons (Fsp3) is 0.216. The fourth-order valence-electron chi connectivity index (χ4n) is 6.44. The van der Waals surface area contributed by atoms with Crippen molar-refractivity contribution < 1.29 is 4.79 Å². The molecule has 0 saturated carbocycles. The lowest BCUT2D eigenvalue weighted by Crippen LogP contribution is -2.18. The van der Waals surface area contributed by atoms with Gasteiger partial charge in [-0.15, -0.1) is 11.3 Å². The van der Waals surface area contributed by atoms with Gasteiger partial charge in [-0.3, -0.25) is 0 Å². The van der Waals surface area contributed by atoms with Gasteiger partial charge in [0.15, 0.2) is 0 Å². The monoisotopic (exact) mass is 539 g/mol. The maximum Gasteiger partial charge on any atom is 0.130 e. The van der Waals surface area contributed by atoms with Crippen LogP contribution in [0.1, 0.15) is 67.0 Å². The minimum absolute atomic E-state index is 0.186. The molecule has 0 amide bonds. The molecule has 1 atom stereocenters. The van der Waals surface area contributed by atoms with Gasteiger partial charge in [0.05, 0.1) is 16.4 Å². The molecule has 6 aromatic rings. The van der Waals surface area contributed by atoms with E-state index in [-0.39, 0.29) is 5.41 Å². The number of hydrogen-bond donors (Lipinski definition) is 0. The lowest BCUT2D eigenvalue weighted by Gasteiger charge is -2.25. The van der Waals surface area contributed by atoms with E-state index in [0.29, 0.717) is 5.92 Å². The SMILES string of the molecule is CC1c2ccccc2-c2ccc(-n3c4ccccc4c4cc(C(C)(C)c5ccc(C(C)(C)C=O)s5)ccc43)cc21. The first kappa shape index (κ1) is 25.0. The number of carbonyl (C=O) groups excluding carboxylic acids is 1. The van der Waals surface area contributed by atoms with E-state index in [1.54, 1.807) is 11.3 Å². The van der Waals surface area contributed by atoms with Crippen LogP contribution in [0.4, 0.5) is 0 Å². The van der Waals surface area contributed by atoms with Crippen LogP contribution in [0.2, 0.25) is 0 Å². The van der Waals surface area contributed by atoms with Crippen molar-refractivity contribution in [1.82, 2.24) is 4.57 Å². The summed E-state index contributed by atoms with van der Waals surface area (Å²) in [6.45, 7) is 10.9. The quantitative estimate of drug-likeness (QED) is 0.200. The fourth-order valence-corrected chi connectivity index (χ4v) is 7.63. The van der Waals surface area contributed by atoms with E-state index in [9.17, 15) is 4.79 Å². The molecule has 0 aliphatic heterocycles. The maximum atomic E-state index is 11.7. The number of benzene rings is 4. The minimum Gasteiger partial charge on any atom is -0.309 e. The summed E-state index contributed by atoms with van der Waals surface area (Å²) in [6, 6.07) is 35.8. The molecule has 0 radical (unpaired) electrons. The molecular formula is C37H33NOS. The van der Waals surface area contributed by atoms with Crippen molar-refractivity contribution in [3.8, 4) is 16.8 Å². The van der Waals surface area contributed by atoms with Crippen LogP contribution in [-0.2, 0) is 15.6 Å². The van der Waals surface area contributed by atoms with Crippen molar-refractivity contribution in [1.29, 1.82) is 0 Å². The minimum atomic E-state index is -0.467. The summed E-state index contributed by atoms with van der Waals surface area (Å²) < 4.78 is 2.42. The third kappa shape index (κ3) is 3.57. The summed E-state index contributed by atoms with van der Waals surface area (Å²) in [6.07, 6.45) is 1.05. The number of fused-ring (bicyclic) bond motifs is 6. The van der Waals surface area contributed by atoms with Gasteiger partial charge in [0.25, 0.3) is 0 Å². The second-order valence-corrected chi connectivity index (χ2v) is 13.4. The second kappa shape index (κ2) is 8.78. The largest absolute Gasteiger partial charge is 0.309 e. The van der Waals surface area contributed by atoms with Crippen LogP contribution in [0.3, 0.4) is 0 Å². The molecule has 40 heavy (non-hydrogen) atoms. The molecule has 1 aliphatic rings. The van der Waals surface area contributed by atoms with Gasteiger partial charge in [0, 0.05) is 37.5 Å². The molecule has 4 aromatic carbocycles. The highest BCUT2D eigenvalue weighted by molar-refractivity contribution is 7.12. The van der Waals surface area contributed by atoms with Crippen LogP contribution in [0.5, 0.6) is 0 Å². The van der Waals surface area contributed by atoms with Gasteiger partial charge in [0.2, 0.25) is 0 Å². The van der Waals surface area contributed by atoms with Crippen molar-refractivity contribution in [3.05, 3.63) is 124 Å². The number of thiophene rings is 1. The molecule has 0 bridgehead atoms. The van der Waals surface area contributed by atoms with Crippen LogP contribution in [-0.4, -0.2) is 10.9 Å². The van der Waals surface area contributed by atoms with E-state index < -0.39 is 5.41 Å². The molecule has 198 valence electrons. The van der Waals surface area contributed by atoms with E-state index in [1.807, 2.05) is 13.8 Å². The molecule has 2 nitrogen and oxygen atoms in total. The van der Waals surface area contributed by atoms with Crippen LogP contribution in [0.15, 0.2) is 97.1 Å². The van der Waals surface area contributed by atoms with E-state index in [4.69, 9.17) is 0 Å². The van der Waals surface area contributed by atoms with Gasteiger partial charge in [0.1, 0.15) is 6.29 Å². The Morgan fingerprint density at radius 1 is 0.700 bits per heavy atom. The number of carbonyl (C=O) groups is 1. The number of rotatable bonds is 5. The second-order valence-electron chi connectivity index (χ2n) is 12.3. The van der Waals surface area contributed by atoms with Crippen molar-refractivity contribution in [3.63, 3.8) is 0 Å². The highest BCUT2D eigenvalue weighted by Crippen LogP contribution is 2.46. The summed E-state index contributed by atoms with van der Waals surface area (Å²) in [5.41, 5.74) is 9.79. The molecule has 2 aromatic heterocycles. The number of hydrogen-bond acceptors (Lipinski definition) is 2. The van der Waals surface area contributed by atoms with Crippen molar-refractivity contribution >= 4 is 39.4 Å². The van der Waals surface area contributed by atoms with E-state index in [1.165, 1.54) is 60.2 Å². The Balaban J connectivity index is 1.38. The molecule has 7 rings (SSSR count). The number of aromatic nitrogens is 1. The Morgan fingerprint density at radius 2 is 1.40 bits per heavy atom. The van der Waals surface area contributed by atoms with E-state index in [2.05, 4.69) is 122 Å². The first-order valence-corrected chi connectivity index (χ1v) is 14.9. The zero-order chi connectivity index (χ0) is 27.8. The molecular weight excluding hydrogens is 506 g/mol. The lowest BCUT2D eigenvalue weighted by atomic mass is 9.82. The van der Waals surface area contributed by atoms with E-state index >= 15 is 0 Å². The average Bonchev–Trinajstić information content (AvgIpc) is 3.67. The van der Waals surface area contributed by atoms with E-state index in [0.717, 1.165) is 11.2 Å². The molecule has 0 fully saturated rings. The molecule has 2 heterocycles. The van der Waals surface area contributed by atoms with Crippen molar-refractivity contribution in [2.75, 3.05) is 0 Å². The Labute approximate surface area is 239 Å². The third-order valence-corrected chi connectivity index (χ3v) is 10.8. The highest BCUT2D eigenvalue weighted by Gasteiger charge is 2.30. The van der Waals surface area contributed by atoms with Crippen LogP contribution >= 0.6 is 11.3 Å². The summed E-state index contributed by atoms with van der Waals surface area (Å²) in [5.74, 6) is 0.381. The summed E-state index contributed by atoms with van der Waals surface area (Å²) >= 11 is 1.75. The zero-order valence-corrected chi connectivity index (χ0v) is 24.5. The van der Waals surface area contributed by atoms with Crippen LogP contribution < -0.4 is 0 Å². The normalized spacial score (nSPS) is 15.0. The number of para-hydroxylation sites is 1. The van der Waals surface area contributed by atoms with Crippen molar-refractivity contribution in [2.45, 2.75) is 51.4 Å². The van der Waals surface area contributed by atoms with Gasteiger partial charge in [-0.05, 0) is 84.1 Å². The summed E-state index contributed by atoms with van der Waals surface area (Å²) in [5, 5.41) is 2.53.